The highest BCUT2D eigenvalue weighted by molar-refractivity contribution is 5.82. The molecular formula is C12H12F2N2. The molecule has 0 saturated carbocycles. The van der Waals surface area contributed by atoms with E-state index in [1.807, 2.05) is 17.6 Å². The molecule has 1 atom stereocenters. The van der Waals surface area contributed by atoms with Crippen LogP contribution in [0.5, 0.6) is 0 Å². The molecule has 84 valence electrons. The molecule has 0 bridgehead atoms. The SMILES string of the molecule is C[C@@H]1CNCc2cc3ccc(F)c(F)c3n21. The average Bonchev–Trinajstić information content (AvgIpc) is 2.64. The van der Waals surface area contributed by atoms with Crippen molar-refractivity contribution in [1.82, 2.24) is 9.88 Å². The van der Waals surface area contributed by atoms with Crippen LogP contribution in [0.1, 0.15) is 18.7 Å². The summed E-state index contributed by atoms with van der Waals surface area (Å²) in [6.45, 7) is 3.49. The number of rotatable bonds is 0. The fourth-order valence-corrected chi connectivity index (χ4v) is 2.45. The molecule has 1 aliphatic heterocycles. The zero-order valence-electron chi connectivity index (χ0n) is 8.93. The van der Waals surface area contributed by atoms with Crippen LogP contribution < -0.4 is 5.32 Å². The van der Waals surface area contributed by atoms with E-state index in [0.717, 1.165) is 17.6 Å². The van der Waals surface area contributed by atoms with Crippen LogP contribution in [0.2, 0.25) is 0 Å². The highest BCUT2D eigenvalue weighted by Gasteiger charge is 2.21. The number of fused-ring (bicyclic) bond motifs is 3. The van der Waals surface area contributed by atoms with Gasteiger partial charge in [0, 0.05) is 30.2 Å². The van der Waals surface area contributed by atoms with Crippen molar-refractivity contribution < 1.29 is 8.78 Å². The van der Waals surface area contributed by atoms with Gasteiger partial charge in [-0.05, 0) is 25.1 Å². The van der Waals surface area contributed by atoms with Crippen LogP contribution in [0.3, 0.4) is 0 Å². The van der Waals surface area contributed by atoms with Crippen molar-refractivity contribution in [2.45, 2.75) is 19.5 Å². The van der Waals surface area contributed by atoms with Gasteiger partial charge in [-0.2, -0.15) is 0 Å². The minimum Gasteiger partial charge on any atom is -0.337 e. The standard InChI is InChI=1S/C12H12F2N2/c1-7-5-15-6-9-4-8-2-3-10(13)11(14)12(8)16(7)9/h2-4,7,15H,5-6H2,1H3/t7-/m1/s1. The van der Waals surface area contributed by atoms with Gasteiger partial charge < -0.3 is 9.88 Å². The maximum atomic E-state index is 13.8. The molecule has 4 heteroatoms. The summed E-state index contributed by atoms with van der Waals surface area (Å²) < 4.78 is 28.9. The second-order valence-electron chi connectivity index (χ2n) is 4.28. The molecule has 16 heavy (non-hydrogen) atoms. The van der Waals surface area contributed by atoms with E-state index in [0.29, 0.717) is 12.1 Å². The predicted octanol–water partition coefficient (Wildman–Crippen LogP) is 2.58. The summed E-state index contributed by atoms with van der Waals surface area (Å²) in [6.07, 6.45) is 0. The van der Waals surface area contributed by atoms with Gasteiger partial charge in [-0.15, -0.1) is 0 Å². The third-order valence-corrected chi connectivity index (χ3v) is 3.16. The summed E-state index contributed by atoms with van der Waals surface area (Å²) in [5.74, 6) is -1.52. The van der Waals surface area contributed by atoms with E-state index in [1.165, 1.54) is 6.07 Å². The van der Waals surface area contributed by atoms with E-state index in [1.54, 1.807) is 6.07 Å². The Bertz CT molecular complexity index is 560. The third kappa shape index (κ3) is 1.19. The molecule has 2 heterocycles. The Morgan fingerprint density at radius 2 is 2.19 bits per heavy atom. The summed E-state index contributed by atoms with van der Waals surface area (Å²) in [5, 5.41) is 4.02. The lowest BCUT2D eigenvalue weighted by Gasteiger charge is -2.24. The fraction of sp³-hybridized carbons (Fsp3) is 0.333. The first-order valence-electron chi connectivity index (χ1n) is 5.37. The third-order valence-electron chi connectivity index (χ3n) is 3.16. The maximum Gasteiger partial charge on any atom is 0.183 e. The Morgan fingerprint density at radius 1 is 1.38 bits per heavy atom. The first kappa shape index (κ1) is 9.78. The van der Waals surface area contributed by atoms with Gasteiger partial charge in [0.25, 0.3) is 0 Å². The van der Waals surface area contributed by atoms with Crippen molar-refractivity contribution in [2.75, 3.05) is 6.54 Å². The molecule has 0 amide bonds. The Kier molecular flexibility index (Phi) is 2.01. The molecule has 0 unspecified atom stereocenters. The Morgan fingerprint density at radius 3 is 3.00 bits per heavy atom. The van der Waals surface area contributed by atoms with E-state index in [4.69, 9.17) is 0 Å². The highest BCUT2D eigenvalue weighted by Crippen LogP contribution is 2.29. The van der Waals surface area contributed by atoms with Crippen molar-refractivity contribution in [3.8, 4) is 0 Å². The number of nitrogens with zero attached hydrogens (tertiary/aromatic N) is 1. The van der Waals surface area contributed by atoms with Crippen molar-refractivity contribution in [3.05, 3.63) is 35.5 Å². The molecule has 0 aliphatic carbocycles. The summed E-state index contributed by atoms with van der Waals surface area (Å²) in [5.41, 5.74) is 1.40. The number of benzene rings is 1. The predicted molar refractivity (Wildman–Crippen MR) is 58.3 cm³/mol. The van der Waals surface area contributed by atoms with Crippen LogP contribution in [-0.4, -0.2) is 11.1 Å². The van der Waals surface area contributed by atoms with E-state index >= 15 is 0 Å². The quantitative estimate of drug-likeness (QED) is 0.725. The first-order chi connectivity index (χ1) is 7.68. The van der Waals surface area contributed by atoms with Crippen LogP contribution in [0.4, 0.5) is 8.78 Å². The van der Waals surface area contributed by atoms with E-state index in [2.05, 4.69) is 5.32 Å². The monoisotopic (exact) mass is 222 g/mol. The lowest BCUT2D eigenvalue weighted by Crippen LogP contribution is -2.31. The number of hydrogen-bond acceptors (Lipinski definition) is 1. The van der Waals surface area contributed by atoms with Gasteiger partial charge in [-0.25, -0.2) is 8.78 Å². The molecule has 2 aromatic rings. The van der Waals surface area contributed by atoms with Gasteiger partial charge >= 0.3 is 0 Å². The van der Waals surface area contributed by atoms with E-state index in [9.17, 15) is 8.78 Å². The second-order valence-corrected chi connectivity index (χ2v) is 4.28. The molecule has 1 aromatic heterocycles. The minimum atomic E-state index is -0.779. The van der Waals surface area contributed by atoms with Crippen molar-refractivity contribution in [3.63, 3.8) is 0 Å². The summed E-state index contributed by atoms with van der Waals surface area (Å²) in [6, 6.07) is 4.88. The van der Waals surface area contributed by atoms with Crippen LogP contribution in [0, 0.1) is 11.6 Å². The Hall–Kier alpha value is -1.42. The zero-order chi connectivity index (χ0) is 11.3. The van der Waals surface area contributed by atoms with Gasteiger partial charge in [0.15, 0.2) is 11.6 Å². The molecular weight excluding hydrogens is 210 g/mol. The summed E-state index contributed by atoms with van der Waals surface area (Å²) >= 11 is 0. The van der Waals surface area contributed by atoms with Crippen LogP contribution >= 0.6 is 0 Å². The number of nitrogens with one attached hydrogen (secondary N) is 1. The minimum absolute atomic E-state index is 0.151. The van der Waals surface area contributed by atoms with Crippen LogP contribution in [0.25, 0.3) is 10.9 Å². The molecule has 1 aromatic carbocycles. The van der Waals surface area contributed by atoms with E-state index < -0.39 is 11.6 Å². The molecule has 0 spiro atoms. The van der Waals surface area contributed by atoms with E-state index in [-0.39, 0.29) is 6.04 Å². The number of aromatic nitrogens is 1. The number of hydrogen-bond donors (Lipinski definition) is 1. The van der Waals surface area contributed by atoms with Crippen molar-refractivity contribution in [2.24, 2.45) is 0 Å². The van der Waals surface area contributed by atoms with Gasteiger partial charge in [0.1, 0.15) is 0 Å². The van der Waals surface area contributed by atoms with Crippen LogP contribution in [-0.2, 0) is 6.54 Å². The largest absolute Gasteiger partial charge is 0.337 e. The topological polar surface area (TPSA) is 17.0 Å². The maximum absolute atomic E-state index is 13.8. The lowest BCUT2D eigenvalue weighted by atomic mass is 10.2. The molecule has 0 fully saturated rings. The Labute approximate surface area is 91.9 Å². The Balaban J connectivity index is 2.40. The van der Waals surface area contributed by atoms with Gasteiger partial charge in [-0.3, -0.25) is 0 Å². The lowest BCUT2D eigenvalue weighted by molar-refractivity contribution is 0.431. The normalized spacial score (nSPS) is 20.1. The van der Waals surface area contributed by atoms with Gasteiger partial charge in [0.2, 0.25) is 0 Å². The zero-order valence-corrected chi connectivity index (χ0v) is 8.93. The molecule has 0 radical (unpaired) electrons. The molecule has 0 saturated heterocycles. The molecule has 3 rings (SSSR count). The number of halogens is 2. The van der Waals surface area contributed by atoms with Crippen molar-refractivity contribution in [1.29, 1.82) is 0 Å². The first-order valence-corrected chi connectivity index (χ1v) is 5.37. The molecule has 2 nitrogen and oxygen atoms in total. The summed E-state index contributed by atoms with van der Waals surface area (Å²) in [7, 11) is 0. The second kappa shape index (κ2) is 3.28. The fourth-order valence-electron chi connectivity index (χ4n) is 2.45. The average molecular weight is 222 g/mol. The van der Waals surface area contributed by atoms with Gasteiger partial charge in [0.05, 0.1) is 5.52 Å². The van der Waals surface area contributed by atoms with Crippen LogP contribution in [0.15, 0.2) is 18.2 Å². The van der Waals surface area contributed by atoms with Crippen molar-refractivity contribution >= 4 is 10.9 Å². The molecule has 1 aliphatic rings. The highest BCUT2D eigenvalue weighted by atomic mass is 19.2. The summed E-state index contributed by atoms with van der Waals surface area (Å²) in [4.78, 5) is 0. The smallest absolute Gasteiger partial charge is 0.183 e. The van der Waals surface area contributed by atoms with Gasteiger partial charge in [-0.1, -0.05) is 0 Å². The molecule has 1 N–H and O–H groups in total.